The number of rotatable bonds is 7. The molecule has 0 amide bonds. The molecule has 0 spiro atoms. The van der Waals surface area contributed by atoms with E-state index < -0.39 is 11.0 Å². The highest BCUT2D eigenvalue weighted by atomic mass is 32.2. The van der Waals surface area contributed by atoms with Crippen molar-refractivity contribution in [2.45, 2.75) is 39.5 Å². The van der Waals surface area contributed by atoms with Crippen LogP contribution in [0.25, 0.3) is 5.57 Å². The van der Waals surface area contributed by atoms with Crippen molar-refractivity contribution >= 4 is 34.2 Å². The van der Waals surface area contributed by atoms with Crippen LogP contribution in [0.1, 0.15) is 38.8 Å². The molecule has 34 heavy (non-hydrogen) atoms. The summed E-state index contributed by atoms with van der Waals surface area (Å²) in [5.74, 6) is 1.51. The maximum absolute atomic E-state index is 13.4. The minimum atomic E-state index is -1.55. The van der Waals surface area contributed by atoms with Crippen LogP contribution in [-0.2, 0) is 11.0 Å². The van der Waals surface area contributed by atoms with Gasteiger partial charge in [-0.3, -0.25) is 5.41 Å². The van der Waals surface area contributed by atoms with Crippen LogP contribution in [-0.4, -0.2) is 34.8 Å². The van der Waals surface area contributed by atoms with Crippen LogP contribution < -0.4 is 9.47 Å². The van der Waals surface area contributed by atoms with Gasteiger partial charge in [-0.2, -0.15) is 0 Å². The lowest BCUT2D eigenvalue weighted by Gasteiger charge is -2.17. The average Bonchev–Trinajstić information content (AvgIpc) is 3.21. The summed E-state index contributed by atoms with van der Waals surface area (Å²) >= 11 is 1.61. The number of allylic oxidation sites excluding steroid dienone is 2. The fourth-order valence-electron chi connectivity index (χ4n) is 3.45. The summed E-state index contributed by atoms with van der Waals surface area (Å²) in [6.45, 7) is 10.0. The number of thioether (sulfide) groups is 1. The van der Waals surface area contributed by atoms with E-state index in [0.29, 0.717) is 16.4 Å². The first-order valence-corrected chi connectivity index (χ1v) is 13.4. The first-order valence-electron chi connectivity index (χ1n) is 11.0. The fraction of sp³-hybridized carbons (Fsp3) is 0.296. The first-order chi connectivity index (χ1) is 16.3. The molecule has 2 aromatic carbocycles. The van der Waals surface area contributed by atoms with Gasteiger partial charge in [0, 0.05) is 29.0 Å². The zero-order chi connectivity index (χ0) is 25.4. The van der Waals surface area contributed by atoms with Gasteiger partial charge < -0.3 is 9.47 Å². The van der Waals surface area contributed by atoms with E-state index in [2.05, 4.69) is 5.41 Å². The second kappa shape index (κ2) is 12.6. The van der Waals surface area contributed by atoms with Crippen LogP contribution in [0.2, 0.25) is 0 Å². The molecule has 182 valence electrons. The average molecular weight is 499 g/mol. The van der Waals surface area contributed by atoms with Gasteiger partial charge in [-0.1, -0.05) is 31.5 Å². The van der Waals surface area contributed by atoms with Crippen LogP contribution >= 0.6 is 11.8 Å². The summed E-state index contributed by atoms with van der Waals surface area (Å²) < 4.78 is 25.9. The van der Waals surface area contributed by atoms with E-state index in [1.54, 1.807) is 32.2 Å². The molecule has 0 radical (unpaired) electrons. The number of hydrogen-bond acceptors (Lipinski definition) is 5. The van der Waals surface area contributed by atoms with E-state index >= 15 is 0 Å². The smallest absolute Gasteiger partial charge is 0.158 e. The van der Waals surface area contributed by atoms with Crippen molar-refractivity contribution in [1.29, 1.82) is 5.41 Å². The molecule has 1 heterocycles. The molecule has 2 aromatic rings. The van der Waals surface area contributed by atoms with E-state index in [0.717, 1.165) is 33.4 Å². The summed E-state index contributed by atoms with van der Waals surface area (Å²) in [7, 11) is 1.66. The Hall–Kier alpha value is -2.77. The highest BCUT2D eigenvalue weighted by Crippen LogP contribution is 2.41. The second-order valence-electron chi connectivity index (χ2n) is 7.38. The summed E-state index contributed by atoms with van der Waals surface area (Å²) in [5.41, 5.74) is 5.44. The van der Waals surface area contributed by atoms with Gasteiger partial charge in [0.2, 0.25) is 0 Å². The lowest BCUT2D eigenvalue weighted by Crippen LogP contribution is -2.24. The molecule has 1 aliphatic rings. The molecular weight excluding hydrogens is 464 g/mol. The van der Waals surface area contributed by atoms with Crippen LogP contribution in [0.4, 0.5) is 0 Å². The van der Waals surface area contributed by atoms with Gasteiger partial charge in [0.05, 0.1) is 19.1 Å². The van der Waals surface area contributed by atoms with Crippen LogP contribution in [0.3, 0.4) is 0 Å². The Labute approximate surface area is 210 Å². The van der Waals surface area contributed by atoms with Gasteiger partial charge in [0.1, 0.15) is 17.3 Å². The quantitative estimate of drug-likeness (QED) is 0.447. The number of methoxy groups -OCH3 is 2. The van der Waals surface area contributed by atoms with Crippen molar-refractivity contribution in [3.63, 3.8) is 0 Å². The van der Waals surface area contributed by atoms with E-state index in [1.165, 1.54) is 4.31 Å². The number of nitrogens with zero attached hydrogens (tertiary/aromatic N) is 1. The van der Waals surface area contributed by atoms with Crippen molar-refractivity contribution in [2.24, 2.45) is 0 Å². The van der Waals surface area contributed by atoms with Crippen molar-refractivity contribution < 1.29 is 13.7 Å². The Kier molecular flexibility index (Phi) is 10.2. The summed E-state index contributed by atoms with van der Waals surface area (Å²) in [4.78, 5) is 0.646. The highest BCUT2D eigenvalue weighted by Gasteiger charge is 2.33. The molecule has 0 aromatic heterocycles. The Morgan fingerprint density at radius 2 is 1.71 bits per heavy atom. The molecule has 1 N–H and O–H groups in total. The predicted octanol–water partition coefficient (Wildman–Crippen LogP) is 6.98. The molecule has 7 heteroatoms. The molecule has 0 saturated heterocycles. The number of hydrogen-bond donors (Lipinski definition) is 1. The minimum absolute atomic E-state index is 0.197. The van der Waals surface area contributed by atoms with Gasteiger partial charge in [0.25, 0.3) is 0 Å². The Morgan fingerprint density at radius 3 is 2.26 bits per heavy atom. The monoisotopic (exact) mass is 498 g/mol. The summed E-state index contributed by atoms with van der Waals surface area (Å²) in [6.07, 6.45) is 3.79. The molecule has 1 unspecified atom stereocenters. The zero-order valence-electron chi connectivity index (χ0n) is 21.2. The second-order valence-corrected chi connectivity index (χ2v) is 9.45. The van der Waals surface area contributed by atoms with Gasteiger partial charge in [-0.05, 0) is 67.8 Å². The molecule has 1 atom stereocenters. The topological polar surface area (TPSA) is 62.6 Å². The fourth-order valence-corrected chi connectivity index (χ4v) is 5.03. The lowest BCUT2D eigenvalue weighted by molar-refractivity contribution is 0.393. The zero-order valence-corrected chi connectivity index (χ0v) is 22.8. The third-order valence-electron chi connectivity index (χ3n) is 5.33. The van der Waals surface area contributed by atoms with E-state index in [9.17, 15) is 4.21 Å². The minimum Gasteiger partial charge on any atom is -0.497 e. The van der Waals surface area contributed by atoms with E-state index in [4.69, 9.17) is 14.9 Å². The van der Waals surface area contributed by atoms with Crippen molar-refractivity contribution in [1.82, 2.24) is 4.31 Å². The maximum Gasteiger partial charge on any atom is 0.158 e. The normalized spacial score (nSPS) is 15.9. The maximum atomic E-state index is 13.4. The van der Waals surface area contributed by atoms with Gasteiger partial charge in [-0.25, -0.2) is 8.51 Å². The van der Waals surface area contributed by atoms with Gasteiger partial charge in [-0.15, -0.1) is 11.8 Å². The number of amidine groups is 1. The molecule has 0 saturated carbocycles. The third-order valence-corrected chi connectivity index (χ3v) is 7.24. The number of benzene rings is 2. The number of nitrogens with one attached hydrogen (secondary N) is 1. The SMILES string of the molecule is CC.COc1ccc(C2=CN(S(=O)c3ccc(C)cc3)C(=N)/C2=C(C)/C(C)=C/SC)c(OC)c1. The summed E-state index contributed by atoms with van der Waals surface area (Å²) in [6, 6.07) is 13.1. The van der Waals surface area contributed by atoms with E-state index in [-0.39, 0.29) is 5.84 Å². The van der Waals surface area contributed by atoms with Crippen LogP contribution in [0.5, 0.6) is 11.5 Å². The Bertz CT molecular complexity index is 1150. The molecule has 0 fully saturated rings. The van der Waals surface area contributed by atoms with Crippen molar-refractivity contribution in [3.05, 3.63) is 81.9 Å². The van der Waals surface area contributed by atoms with Crippen LogP contribution in [0.15, 0.2) is 75.7 Å². The number of ether oxygens (including phenoxy) is 2. The highest BCUT2D eigenvalue weighted by molar-refractivity contribution is 8.01. The third kappa shape index (κ3) is 5.83. The van der Waals surface area contributed by atoms with E-state index in [1.807, 2.05) is 83.3 Å². The van der Waals surface area contributed by atoms with Crippen molar-refractivity contribution in [2.75, 3.05) is 20.5 Å². The number of aryl methyl sites for hydroxylation is 1. The largest absolute Gasteiger partial charge is 0.497 e. The van der Waals surface area contributed by atoms with Crippen LogP contribution in [0, 0.1) is 12.3 Å². The van der Waals surface area contributed by atoms with Gasteiger partial charge in [0.15, 0.2) is 11.0 Å². The van der Waals surface area contributed by atoms with Gasteiger partial charge >= 0.3 is 0 Å². The van der Waals surface area contributed by atoms with Crippen molar-refractivity contribution in [3.8, 4) is 11.5 Å². The Morgan fingerprint density at radius 1 is 1.06 bits per heavy atom. The first kappa shape index (κ1) is 27.5. The predicted molar refractivity (Wildman–Crippen MR) is 146 cm³/mol. The standard InChI is InChI=1S/C25H28N2O3S2.C2H6/c1-16-7-10-20(11-8-16)32(28)27-14-22(21-12-9-19(29-4)13-23(21)30-5)24(25(27)26)18(3)17(2)15-31-6;1-2/h7-15,26H,1-6H3;1-2H3/b17-15+,24-18+,26-25?;. The Balaban J connectivity index is 0.00000199. The molecule has 1 aliphatic heterocycles. The molecule has 0 bridgehead atoms. The lowest BCUT2D eigenvalue weighted by atomic mass is 9.93. The summed E-state index contributed by atoms with van der Waals surface area (Å²) in [5, 5.41) is 11.0. The molecular formula is C27H34N2O3S2. The molecule has 3 rings (SSSR count). The molecule has 5 nitrogen and oxygen atoms in total. The molecule has 0 aliphatic carbocycles.